The van der Waals surface area contributed by atoms with Crippen molar-refractivity contribution in [3.63, 3.8) is 0 Å². The van der Waals surface area contributed by atoms with Crippen LogP contribution >= 0.6 is 0 Å². The molecule has 1 aromatic carbocycles. The molecule has 0 aliphatic heterocycles. The van der Waals surface area contributed by atoms with Gasteiger partial charge in [0.2, 0.25) is 0 Å². The molecule has 0 aliphatic rings. The molecule has 0 heterocycles. The van der Waals surface area contributed by atoms with Gasteiger partial charge < -0.3 is 10.0 Å². The fraction of sp³-hybridized carbons (Fsp3) is 0.308. The molecule has 0 radical (unpaired) electrons. The first-order valence-corrected chi connectivity index (χ1v) is 5.27. The molecular weight excluding hydrogens is 202 g/mol. The van der Waals surface area contributed by atoms with Crippen molar-refractivity contribution in [3.8, 4) is 0 Å². The van der Waals surface area contributed by atoms with Gasteiger partial charge in [-0.15, -0.1) is 6.58 Å². The Morgan fingerprint density at radius 1 is 1.50 bits per heavy atom. The molecule has 0 atom stereocenters. The topological polar surface area (TPSA) is 40.5 Å². The van der Waals surface area contributed by atoms with Crippen LogP contribution in [0.25, 0.3) is 0 Å². The first kappa shape index (κ1) is 12.5. The molecule has 3 nitrogen and oxygen atoms in total. The molecule has 1 rings (SSSR count). The van der Waals surface area contributed by atoms with Gasteiger partial charge in [0.25, 0.3) is 0 Å². The lowest BCUT2D eigenvalue weighted by molar-refractivity contribution is 0.101. The average molecular weight is 219 g/mol. The van der Waals surface area contributed by atoms with E-state index in [1.54, 1.807) is 19.1 Å². The van der Waals surface area contributed by atoms with Gasteiger partial charge in [0.05, 0.1) is 6.61 Å². The van der Waals surface area contributed by atoms with Gasteiger partial charge in [0.15, 0.2) is 5.78 Å². The van der Waals surface area contributed by atoms with Crippen molar-refractivity contribution >= 4 is 11.5 Å². The molecule has 0 aromatic heterocycles. The Morgan fingerprint density at radius 2 is 2.19 bits per heavy atom. The zero-order chi connectivity index (χ0) is 12.0. The lowest BCUT2D eigenvalue weighted by atomic mass is 10.1. The number of para-hydroxylation sites is 1. The van der Waals surface area contributed by atoms with Crippen LogP contribution in [-0.4, -0.2) is 30.6 Å². The van der Waals surface area contributed by atoms with E-state index in [1.165, 1.54) is 0 Å². The number of hydrogen-bond acceptors (Lipinski definition) is 3. The third-order valence-corrected chi connectivity index (χ3v) is 2.34. The smallest absolute Gasteiger partial charge is 0.161 e. The Bertz CT molecular complexity index is 374. The molecule has 16 heavy (non-hydrogen) atoms. The molecule has 0 amide bonds. The molecule has 1 aromatic rings. The number of aliphatic hydroxyl groups is 1. The normalized spacial score (nSPS) is 9.88. The highest BCUT2D eigenvalue weighted by molar-refractivity contribution is 5.99. The standard InChI is InChI=1S/C13H17NO2/c1-3-8-14(9-10-15)13-7-5-4-6-12(13)11(2)16/h3-7,15H,1,8-10H2,2H3. The van der Waals surface area contributed by atoms with E-state index in [1.807, 2.05) is 23.1 Å². The second kappa shape index (κ2) is 6.08. The number of aliphatic hydroxyl groups excluding tert-OH is 1. The summed E-state index contributed by atoms with van der Waals surface area (Å²) in [5.41, 5.74) is 1.53. The second-order valence-electron chi connectivity index (χ2n) is 3.53. The molecule has 0 saturated carbocycles. The summed E-state index contributed by atoms with van der Waals surface area (Å²) in [6.07, 6.45) is 1.76. The van der Waals surface area contributed by atoms with Gasteiger partial charge in [-0.25, -0.2) is 0 Å². The molecule has 0 saturated heterocycles. The van der Waals surface area contributed by atoms with Gasteiger partial charge in [-0.2, -0.15) is 0 Å². The minimum absolute atomic E-state index is 0.0302. The number of anilines is 1. The minimum Gasteiger partial charge on any atom is -0.395 e. The van der Waals surface area contributed by atoms with E-state index >= 15 is 0 Å². The van der Waals surface area contributed by atoms with Crippen LogP contribution in [0.4, 0.5) is 5.69 Å². The van der Waals surface area contributed by atoms with Gasteiger partial charge in [-0.1, -0.05) is 18.2 Å². The number of Topliss-reactive ketones (excluding diaryl/α,β-unsaturated/α-hetero) is 1. The first-order valence-electron chi connectivity index (χ1n) is 5.27. The number of carbonyl (C=O) groups is 1. The van der Waals surface area contributed by atoms with Crippen molar-refractivity contribution in [1.82, 2.24) is 0 Å². The number of ketones is 1. The van der Waals surface area contributed by atoms with E-state index in [9.17, 15) is 4.79 Å². The monoisotopic (exact) mass is 219 g/mol. The van der Waals surface area contributed by atoms with E-state index in [0.29, 0.717) is 18.7 Å². The number of carbonyl (C=O) groups excluding carboxylic acids is 1. The Hall–Kier alpha value is -1.61. The molecule has 0 aliphatic carbocycles. The van der Waals surface area contributed by atoms with E-state index in [2.05, 4.69) is 6.58 Å². The van der Waals surface area contributed by atoms with E-state index in [0.717, 1.165) is 5.69 Å². The Balaban J connectivity index is 3.06. The summed E-state index contributed by atoms with van der Waals surface area (Å²) in [5, 5.41) is 8.99. The molecule has 0 bridgehead atoms. The number of rotatable bonds is 6. The summed E-state index contributed by atoms with van der Waals surface area (Å²) in [7, 11) is 0. The van der Waals surface area contributed by atoms with Gasteiger partial charge >= 0.3 is 0 Å². The van der Waals surface area contributed by atoms with E-state index in [-0.39, 0.29) is 12.4 Å². The largest absolute Gasteiger partial charge is 0.395 e. The summed E-state index contributed by atoms with van der Waals surface area (Å²) >= 11 is 0. The summed E-state index contributed by atoms with van der Waals surface area (Å²) in [6, 6.07) is 7.40. The lowest BCUT2D eigenvalue weighted by Gasteiger charge is -2.24. The molecule has 0 unspecified atom stereocenters. The van der Waals surface area contributed by atoms with Gasteiger partial charge in [0, 0.05) is 24.3 Å². The maximum Gasteiger partial charge on any atom is 0.161 e. The van der Waals surface area contributed by atoms with Gasteiger partial charge in [-0.3, -0.25) is 4.79 Å². The minimum atomic E-state index is 0.0302. The Morgan fingerprint density at radius 3 is 2.75 bits per heavy atom. The number of benzene rings is 1. The highest BCUT2D eigenvalue weighted by Crippen LogP contribution is 2.20. The third kappa shape index (κ3) is 2.94. The molecule has 3 heteroatoms. The van der Waals surface area contributed by atoms with Crippen molar-refractivity contribution < 1.29 is 9.90 Å². The van der Waals surface area contributed by atoms with Crippen LogP contribution in [0.2, 0.25) is 0 Å². The van der Waals surface area contributed by atoms with Crippen molar-refractivity contribution in [2.75, 3.05) is 24.6 Å². The van der Waals surface area contributed by atoms with Crippen molar-refractivity contribution in [2.24, 2.45) is 0 Å². The predicted octanol–water partition coefficient (Wildman–Crippen LogP) is 1.87. The SMILES string of the molecule is C=CCN(CCO)c1ccccc1C(C)=O. The lowest BCUT2D eigenvalue weighted by Crippen LogP contribution is -2.28. The summed E-state index contributed by atoms with van der Waals surface area (Å²) in [6.45, 7) is 6.39. The van der Waals surface area contributed by atoms with Crippen LogP contribution in [0.5, 0.6) is 0 Å². The van der Waals surface area contributed by atoms with Crippen molar-refractivity contribution in [3.05, 3.63) is 42.5 Å². The number of nitrogens with zero attached hydrogens (tertiary/aromatic N) is 1. The number of hydrogen-bond donors (Lipinski definition) is 1. The maximum atomic E-state index is 11.5. The van der Waals surface area contributed by atoms with Gasteiger partial charge in [0.1, 0.15) is 0 Å². The average Bonchev–Trinajstić information content (AvgIpc) is 2.29. The third-order valence-electron chi connectivity index (χ3n) is 2.34. The summed E-state index contributed by atoms with van der Waals surface area (Å²) in [5.74, 6) is 0.0302. The Labute approximate surface area is 96.0 Å². The van der Waals surface area contributed by atoms with Crippen molar-refractivity contribution in [2.45, 2.75) is 6.92 Å². The fourth-order valence-corrected chi connectivity index (χ4v) is 1.63. The zero-order valence-electron chi connectivity index (χ0n) is 9.52. The van der Waals surface area contributed by atoms with Crippen molar-refractivity contribution in [1.29, 1.82) is 0 Å². The van der Waals surface area contributed by atoms with Crippen LogP contribution in [0, 0.1) is 0 Å². The van der Waals surface area contributed by atoms with Crippen LogP contribution < -0.4 is 4.90 Å². The van der Waals surface area contributed by atoms with Gasteiger partial charge in [-0.05, 0) is 19.1 Å². The molecule has 86 valence electrons. The van der Waals surface area contributed by atoms with E-state index in [4.69, 9.17) is 5.11 Å². The molecular formula is C13H17NO2. The molecule has 0 spiro atoms. The van der Waals surface area contributed by atoms with Crippen LogP contribution in [0.3, 0.4) is 0 Å². The first-order chi connectivity index (χ1) is 7.70. The maximum absolute atomic E-state index is 11.5. The van der Waals surface area contributed by atoms with Crippen LogP contribution in [-0.2, 0) is 0 Å². The molecule has 0 fully saturated rings. The molecule has 1 N–H and O–H groups in total. The second-order valence-corrected chi connectivity index (χ2v) is 3.53. The quantitative estimate of drug-likeness (QED) is 0.586. The summed E-state index contributed by atoms with van der Waals surface area (Å²) in [4.78, 5) is 13.4. The zero-order valence-corrected chi connectivity index (χ0v) is 9.52. The highest BCUT2D eigenvalue weighted by atomic mass is 16.3. The predicted molar refractivity (Wildman–Crippen MR) is 65.9 cm³/mol. The van der Waals surface area contributed by atoms with Crippen LogP contribution in [0.1, 0.15) is 17.3 Å². The summed E-state index contributed by atoms with van der Waals surface area (Å²) < 4.78 is 0. The highest BCUT2D eigenvalue weighted by Gasteiger charge is 2.11. The Kier molecular flexibility index (Phi) is 4.73. The van der Waals surface area contributed by atoms with Crippen LogP contribution in [0.15, 0.2) is 36.9 Å². The van der Waals surface area contributed by atoms with E-state index < -0.39 is 0 Å². The fourth-order valence-electron chi connectivity index (χ4n) is 1.63.